The van der Waals surface area contributed by atoms with Gasteiger partial charge in [-0.25, -0.2) is 4.98 Å². The van der Waals surface area contributed by atoms with E-state index in [0.29, 0.717) is 11.5 Å². The molecule has 1 saturated carbocycles. The van der Waals surface area contributed by atoms with Gasteiger partial charge in [-0.2, -0.15) is 0 Å². The van der Waals surface area contributed by atoms with Crippen LogP contribution in [0.1, 0.15) is 55.0 Å². The summed E-state index contributed by atoms with van der Waals surface area (Å²) in [4.78, 5) is 8.59. The molecule has 22 heavy (non-hydrogen) atoms. The van der Waals surface area contributed by atoms with Crippen LogP contribution in [0.15, 0.2) is 6.20 Å². The van der Waals surface area contributed by atoms with Gasteiger partial charge in [0, 0.05) is 37.4 Å². The highest BCUT2D eigenvalue weighted by Crippen LogP contribution is 2.49. The second-order valence-electron chi connectivity index (χ2n) is 7.11. The summed E-state index contributed by atoms with van der Waals surface area (Å²) in [7, 11) is 0. The molecule has 1 aromatic rings. The highest BCUT2D eigenvalue weighted by molar-refractivity contribution is 7.11. The maximum Gasteiger partial charge on any atom is 0.122 e. The smallest absolute Gasteiger partial charge is 0.122 e. The van der Waals surface area contributed by atoms with Crippen molar-refractivity contribution < 1.29 is 9.47 Å². The fourth-order valence-electron chi connectivity index (χ4n) is 4.29. The number of nitrogens with zero attached hydrogens (tertiary/aromatic N) is 2. The van der Waals surface area contributed by atoms with Crippen molar-refractivity contribution in [3.63, 3.8) is 0 Å². The largest absolute Gasteiger partial charge is 0.378 e. The first-order valence-corrected chi connectivity index (χ1v) is 9.48. The van der Waals surface area contributed by atoms with Gasteiger partial charge in [-0.1, -0.05) is 0 Å². The van der Waals surface area contributed by atoms with Crippen LogP contribution in [-0.4, -0.2) is 42.3 Å². The third-order valence-electron chi connectivity index (χ3n) is 5.40. The van der Waals surface area contributed by atoms with Crippen LogP contribution in [0.3, 0.4) is 0 Å². The summed E-state index contributed by atoms with van der Waals surface area (Å²) >= 11 is 1.85. The molecule has 2 saturated heterocycles. The van der Waals surface area contributed by atoms with Gasteiger partial charge in [0.1, 0.15) is 11.1 Å². The summed E-state index contributed by atoms with van der Waals surface area (Å²) in [6.45, 7) is 7.38. The molecule has 1 atom stereocenters. The number of rotatable bonds is 5. The average molecular weight is 322 g/mol. The Morgan fingerprint density at radius 2 is 2.41 bits per heavy atom. The normalized spacial score (nSPS) is 35.3. The van der Waals surface area contributed by atoms with Crippen molar-refractivity contribution in [2.24, 2.45) is 5.41 Å². The maximum atomic E-state index is 5.74. The van der Waals surface area contributed by atoms with Crippen LogP contribution < -0.4 is 0 Å². The van der Waals surface area contributed by atoms with Gasteiger partial charge in [0.2, 0.25) is 0 Å². The molecule has 1 unspecified atom stereocenters. The first kappa shape index (κ1) is 15.1. The average Bonchev–Trinajstić information content (AvgIpc) is 3.18. The molecule has 5 heteroatoms. The van der Waals surface area contributed by atoms with Gasteiger partial charge in [-0.05, 0) is 51.0 Å². The fourth-order valence-corrected chi connectivity index (χ4v) is 5.34. The second-order valence-corrected chi connectivity index (χ2v) is 8.26. The number of likely N-dealkylation sites (tertiary alicyclic amines) is 1. The summed E-state index contributed by atoms with van der Waals surface area (Å²) in [6.07, 6.45) is 9.04. The Balaban J connectivity index is 1.30. The van der Waals surface area contributed by atoms with Gasteiger partial charge < -0.3 is 9.47 Å². The van der Waals surface area contributed by atoms with Crippen molar-refractivity contribution in [2.75, 3.05) is 26.3 Å². The minimum atomic E-state index is 0.266. The first-order valence-electron chi connectivity index (χ1n) is 8.66. The molecule has 1 aromatic heterocycles. The van der Waals surface area contributed by atoms with E-state index in [9.17, 15) is 0 Å². The Morgan fingerprint density at radius 1 is 1.50 bits per heavy atom. The molecule has 0 amide bonds. The molecule has 3 heterocycles. The lowest BCUT2D eigenvalue weighted by Crippen LogP contribution is -2.44. The molecular formula is C17H26N2O2S. The highest BCUT2D eigenvalue weighted by Gasteiger charge is 2.48. The molecule has 0 N–H and O–H groups in total. The zero-order valence-corrected chi connectivity index (χ0v) is 14.2. The highest BCUT2D eigenvalue weighted by atomic mass is 32.1. The molecule has 1 aliphatic carbocycles. The van der Waals surface area contributed by atoms with Crippen molar-refractivity contribution in [3.8, 4) is 0 Å². The van der Waals surface area contributed by atoms with Crippen molar-refractivity contribution in [1.29, 1.82) is 0 Å². The van der Waals surface area contributed by atoms with E-state index in [4.69, 9.17) is 9.47 Å². The number of ether oxygens (including phenoxy) is 2. The minimum absolute atomic E-state index is 0.266. The molecule has 3 aliphatic rings. The summed E-state index contributed by atoms with van der Waals surface area (Å²) < 4.78 is 11.5. The zero-order valence-electron chi connectivity index (χ0n) is 13.4. The van der Waals surface area contributed by atoms with E-state index < -0.39 is 0 Å². The third kappa shape index (κ3) is 2.96. The van der Waals surface area contributed by atoms with Crippen LogP contribution in [0.4, 0.5) is 0 Å². The van der Waals surface area contributed by atoms with E-state index in [0.717, 1.165) is 26.2 Å². The van der Waals surface area contributed by atoms with E-state index >= 15 is 0 Å². The monoisotopic (exact) mass is 322 g/mol. The van der Waals surface area contributed by atoms with Crippen molar-refractivity contribution >= 4 is 11.3 Å². The van der Waals surface area contributed by atoms with Gasteiger partial charge in [-0.15, -0.1) is 11.3 Å². The Bertz CT molecular complexity index is 507. The summed E-state index contributed by atoms with van der Waals surface area (Å²) in [5, 5.41) is 1.18. The van der Waals surface area contributed by atoms with Crippen LogP contribution >= 0.6 is 11.3 Å². The number of hydrogen-bond acceptors (Lipinski definition) is 5. The van der Waals surface area contributed by atoms with E-state index in [1.807, 2.05) is 11.3 Å². The molecule has 0 aromatic carbocycles. The lowest BCUT2D eigenvalue weighted by molar-refractivity contribution is -0.0718. The first-order chi connectivity index (χ1) is 10.8. The maximum absolute atomic E-state index is 5.74. The lowest BCUT2D eigenvalue weighted by atomic mass is 9.66. The summed E-state index contributed by atoms with van der Waals surface area (Å²) in [6, 6.07) is 0. The Labute approximate surface area is 136 Å². The minimum Gasteiger partial charge on any atom is -0.378 e. The molecule has 0 radical (unpaired) electrons. The predicted octanol–water partition coefficient (Wildman–Crippen LogP) is 3.39. The summed E-state index contributed by atoms with van der Waals surface area (Å²) in [5.41, 5.74) is 0.557. The van der Waals surface area contributed by atoms with E-state index in [2.05, 4.69) is 23.0 Å². The summed E-state index contributed by atoms with van der Waals surface area (Å²) in [5.74, 6) is 0. The van der Waals surface area contributed by atoms with Gasteiger partial charge in [0.25, 0.3) is 0 Å². The number of hydrogen-bond donors (Lipinski definition) is 0. The van der Waals surface area contributed by atoms with E-state index in [-0.39, 0.29) is 6.10 Å². The molecule has 122 valence electrons. The standard InChI is InChI=1S/C17H26N2O2S/c1-2-20-13-8-17(9-13)5-6-19(12-17)11-14-10-18-16(22-14)15-4-3-7-21-15/h10,13,15H,2-9,11-12H2,1H3. The van der Waals surface area contributed by atoms with Crippen LogP contribution in [-0.2, 0) is 16.0 Å². The van der Waals surface area contributed by atoms with Crippen molar-refractivity contribution in [3.05, 3.63) is 16.1 Å². The topological polar surface area (TPSA) is 34.6 Å². The van der Waals surface area contributed by atoms with Crippen LogP contribution in [0, 0.1) is 5.41 Å². The fraction of sp³-hybridized carbons (Fsp3) is 0.824. The van der Waals surface area contributed by atoms with Gasteiger partial charge >= 0.3 is 0 Å². The third-order valence-corrected chi connectivity index (χ3v) is 6.47. The Kier molecular flexibility index (Phi) is 4.24. The molecular weight excluding hydrogens is 296 g/mol. The molecule has 3 fully saturated rings. The van der Waals surface area contributed by atoms with E-state index in [1.165, 1.54) is 48.7 Å². The van der Waals surface area contributed by atoms with Crippen LogP contribution in [0.2, 0.25) is 0 Å². The lowest BCUT2D eigenvalue weighted by Gasteiger charge is -2.44. The molecule has 2 aliphatic heterocycles. The number of aromatic nitrogens is 1. The molecule has 4 nitrogen and oxygen atoms in total. The SMILES string of the molecule is CCOC1CC2(CCN(Cc3cnc(C4CCCO4)s3)C2)C1. The van der Waals surface area contributed by atoms with Crippen LogP contribution in [0.5, 0.6) is 0 Å². The van der Waals surface area contributed by atoms with E-state index in [1.54, 1.807) is 0 Å². The number of thiazole rings is 1. The molecule has 0 bridgehead atoms. The quantitative estimate of drug-likeness (QED) is 0.832. The van der Waals surface area contributed by atoms with Gasteiger partial charge in [0.05, 0.1) is 6.10 Å². The zero-order chi connectivity index (χ0) is 15.0. The van der Waals surface area contributed by atoms with Gasteiger partial charge in [0.15, 0.2) is 0 Å². The van der Waals surface area contributed by atoms with Crippen molar-refractivity contribution in [1.82, 2.24) is 9.88 Å². The Morgan fingerprint density at radius 3 is 3.18 bits per heavy atom. The predicted molar refractivity (Wildman–Crippen MR) is 87.0 cm³/mol. The Hall–Kier alpha value is -0.490. The van der Waals surface area contributed by atoms with Crippen LogP contribution in [0.25, 0.3) is 0 Å². The second kappa shape index (κ2) is 6.19. The molecule has 4 rings (SSSR count). The molecule has 1 spiro atoms. The van der Waals surface area contributed by atoms with Crippen molar-refractivity contribution in [2.45, 2.75) is 57.8 Å². The van der Waals surface area contributed by atoms with Gasteiger partial charge in [-0.3, -0.25) is 4.90 Å².